The number of ether oxygens (including phenoxy) is 2. The van der Waals surface area contributed by atoms with Crippen LogP contribution in [0.25, 0.3) is 0 Å². The maximum absolute atomic E-state index is 6.19. The van der Waals surface area contributed by atoms with Crippen molar-refractivity contribution in [2.24, 2.45) is 0 Å². The van der Waals surface area contributed by atoms with Gasteiger partial charge in [0.2, 0.25) is 0 Å². The molecule has 0 aliphatic rings. The fraction of sp³-hybridized carbons (Fsp3) is 0.200. The van der Waals surface area contributed by atoms with Gasteiger partial charge in [0.05, 0.1) is 13.4 Å². The lowest BCUT2D eigenvalue weighted by molar-refractivity contribution is -0.688. The van der Waals surface area contributed by atoms with Crippen LogP contribution in [0.15, 0.2) is 59.2 Å². The maximum atomic E-state index is 6.19. The van der Waals surface area contributed by atoms with E-state index < -0.39 is 0 Å². The van der Waals surface area contributed by atoms with Crippen molar-refractivity contribution in [1.29, 1.82) is 0 Å². The molecule has 0 atom stereocenters. The monoisotopic (exact) mass is 427 g/mol. The fourth-order valence-corrected chi connectivity index (χ4v) is 3.09. The highest BCUT2D eigenvalue weighted by molar-refractivity contribution is 6.35. The second-order valence-electron chi connectivity index (χ2n) is 5.75. The molecule has 2 N–H and O–H groups in total. The SMILES string of the molecule is COc1cc(C[NH2+]Cc2ccco2)ccc1OCc1c(Cl)cccc1Cl.[Cl-]. The van der Waals surface area contributed by atoms with Crippen LogP contribution in [0.5, 0.6) is 11.5 Å². The molecular weight excluding hydrogens is 409 g/mol. The van der Waals surface area contributed by atoms with Gasteiger partial charge in [-0.3, -0.25) is 0 Å². The second kappa shape index (κ2) is 10.5. The van der Waals surface area contributed by atoms with Crippen LogP contribution < -0.4 is 27.2 Å². The number of halogens is 3. The number of hydrogen-bond acceptors (Lipinski definition) is 3. The summed E-state index contributed by atoms with van der Waals surface area (Å²) in [6.07, 6.45) is 1.68. The summed E-state index contributed by atoms with van der Waals surface area (Å²) in [6.45, 7) is 1.88. The average Bonchev–Trinajstić information content (AvgIpc) is 3.15. The fourth-order valence-electron chi connectivity index (χ4n) is 2.59. The summed E-state index contributed by atoms with van der Waals surface area (Å²) in [7, 11) is 1.63. The predicted octanol–water partition coefficient (Wildman–Crippen LogP) is 1.44. The average molecular weight is 429 g/mol. The highest BCUT2D eigenvalue weighted by Crippen LogP contribution is 2.31. The third-order valence-electron chi connectivity index (χ3n) is 3.97. The van der Waals surface area contributed by atoms with E-state index in [4.69, 9.17) is 37.1 Å². The molecule has 0 spiro atoms. The van der Waals surface area contributed by atoms with Crippen molar-refractivity contribution in [2.45, 2.75) is 19.7 Å². The molecular formula is C20H20Cl3NO3. The lowest BCUT2D eigenvalue weighted by Crippen LogP contribution is -3.00. The standard InChI is InChI=1S/C20H19Cl2NO3.ClH/c1-24-20-10-14(11-23-12-15-4-3-9-25-15)7-8-19(20)26-13-16-17(21)5-2-6-18(16)22;/h2-10,23H,11-13H2,1H3;1H. The Balaban J connectivity index is 0.00000261. The largest absolute Gasteiger partial charge is 1.00 e. The number of rotatable bonds is 8. The van der Waals surface area contributed by atoms with Crippen molar-refractivity contribution < 1.29 is 31.6 Å². The van der Waals surface area contributed by atoms with E-state index >= 15 is 0 Å². The first-order valence-corrected chi connectivity index (χ1v) is 8.99. The van der Waals surface area contributed by atoms with Gasteiger partial charge in [0.25, 0.3) is 0 Å². The summed E-state index contributed by atoms with van der Waals surface area (Å²) in [5.74, 6) is 2.28. The van der Waals surface area contributed by atoms with Gasteiger partial charge in [0, 0.05) is 21.2 Å². The molecule has 0 fully saturated rings. The smallest absolute Gasteiger partial charge is 0.161 e. The minimum atomic E-state index is 0. The quantitative estimate of drug-likeness (QED) is 0.591. The molecule has 27 heavy (non-hydrogen) atoms. The Morgan fingerprint density at radius 3 is 2.41 bits per heavy atom. The third kappa shape index (κ3) is 5.81. The summed E-state index contributed by atoms with van der Waals surface area (Å²) < 4.78 is 16.7. The Bertz CT molecular complexity index is 833. The van der Waals surface area contributed by atoms with Crippen LogP contribution >= 0.6 is 23.2 Å². The van der Waals surface area contributed by atoms with Crippen LogP contribution in [0.2, 0.25) is 10.0 Å². The molecule has 0 saturated carbocycles. The summed E-state index contributed by atoms with van der Waals surface area (Å²) >= 11 is 12.4. The van der Waals surface area contributed by atoms with E-state index in [-0.39, 0.29) is 19.0 Å². The Morgan fingerprint density at radius 2 is 1.74 bits per heavy atom. The Kier molecular flexibility index (Phi) is 8.32. The molecule has 2 aromatic carbocycles. The second-order valence-corrected chi connectivity index (χ2v) is 6.56. The molecule has 1 heterocycles. The minimum absolute atomic E-state index is 0. The molecule has 3 aromatic rings. The van der Waals surface area contributed by atoms with Crippen molar-refractivity contribution in [3.05, 3.63) is 81.7 Å². The lowest BCUT2D eigenvalue weighted by Gasteiger charge is -2.13. The van der Waals surface area contributed by atoms with Crippen LogP contribution in [0, 0.1) is 0 Å². The van der Waals surface area contributed by atoms with Crippen LogP contribution in [-0.4, -0.2) is 7.11 Å². The van der Waals surface area contributed by atoms with Gasteiger partial charge in [0.15, 0.2) is 17.3 Å². The third-order valence-corrected chi connectivity index (χ3v) is 4.68. The molecule has 1 aromatic heterocycles. The Hall–Kier alpha value is -1.85. The summed E-state index contributed by atoms with van der Waals surface area (Å²) in [5.41, 5.74) is 1.89. The first kappa shape index (κ1) is 21.5. The molecule has 0 amide bonds. The molecule has 0 aliphatic heterocycles. The first-order chi connectivity index (χ1) is 12.7. The number of benzene rings is 2. The van der Waals surface area contributed by atoms with Crippen LogP contribution in [0.3, 0.4) is 0 Å². The lowest BCUT2D eigenvalue weighted by atomic mass is 10.2. The summed E-state index contributed by atoms with van der Waals surface area (Å²) in [6, 6.07) is 15.1. The number of furan rings is 1. The van der Waals surface area contributed by atoms with E-state index in [9.17, 15) is 0 Å². The van der Waals surface area contributed by atoms with Crippen LogP contribution in [-0.2, 0) is 19.7 Å². The van der Waals surface area contributed by atoms with Crippen molar-refractivity contribution in [3.8, 4) is 11.5 Å². The van der Waals surface area contributed by atoms with E-state index in [0.717, 1.165) is 30.0 Å². The number of quaternary nitrogens is 1. The normalized spacial score (nSPS) is 10.3. The van der Waals surface area contributed by atoms with Crippen molar-refractivity contribution >= 4 is 23.2 Å². The Labute approximate surface area is 174 Å². The van der Waals surface area contributed by atoms with Crippen LogP contribution in [0.1, 0.15) is 16.9 Å². The molecule has 0 unspecified atom stereocenters. The number of hydrogen-bond donors (Lipinski definition) is 1. The van der Waals surface area contributed by atoms with Gasteiger partial charge in [-0.05, 0) is 42.5 Å². The summed E-state index contributed by atoms with van der Waals surface area (Å²) in [5, 5.41) is 3.33. The van der Waals surface area contributed by atoms with Gasteiger partial charge < -0.3 is 31.6 Å². The molecule has 7 heteroatoms. The van der Waals surface area contributed by atoms with Gasteiger partial charge in [0.1, 0.15) is 19.7 Å². The van der Waals surface area contributed by atoms with Crippen molar-refractivity contribution in [1.82, 2.24) is 0 Å². The Morgan fingerprint density at radius 1 is 0.963 bits per heavy atom. The van der Waals surface area contributed by atoms with Gasteiger partial charge in [-0.25, -0.2) is 0 Å². The maximum Gasteiger partial charge on any atom is 0.161 e. The summed E-state index contributed by atoms with van der Waals surface area (Å²) in [4.78, 5) is 0. The van der Waals surface area contributed by atoms with Gasteiger partial charge >= 0.3 is 0 Å². The van der Waals surface area contributed by atoms with E-state index in [0.29, 0.717) is 21.5 Å². The number of nitrogens with two attached hydrogens (primary N) is 1. The highest BCUT2D eigenvalue weighted by atomic mass is 35.5. The molecule has 0 saturated heterocycles. The van der Waals surface area contributed by atoms with E-state index in [1.807, 2.05) is 36.4 Å². The molecule has 144 valence electrons. The van der Waals surface area contributed by atoms with Gasteiger partial charge in [-0.2, -0.15) is 0 Å². The van der Waals surface area contributed by atoms with E-state index in [2.05, 4.69) is 5.32 Å². The zero-order valence-corrected chi connectivity index (χ0v) is 17.0. The van der Waals surface area contributed by atoms with E-state index in [1.54, 1.807) is 25.5 Å². The first-order valence-electron chi connectivity index (χ1n) is 8.24. The molecule has 4 nitrogen and oxygen atoms in total. The number of methoxy groups -OCH3 is 1. The highest BCUT2D eigenvalue weighted by Gasteiger charge is 2.11. The molecule has 0 aliphatic carbocycles. The van der Waals surface area contributed by atoms with Gasteiger partial charge in [-0.1, -0.05) is 29.3 Å². The molecule has 0 radical (unpaired) electrons. The minimum Gasteiger partial charge on any atom is -1.00 e. The van der Waals surface area contributed by atoms with Crippen molar-refractivity contribution in [3.63, 3.8) is 0 Å². The van der Waals surface area contributed by atoms with Crippen LogP contribution in [0.4, 0.5) is 0 Å². The molecule has 3 rings (SSSR count). The van der Waals surface area contributed by atoms with Crippen molar-refractivity contribution in [2.75, 3.05) is 7.11 Å². The zero-order chi connectivity index (χ0) is 18.4. The predicted molar refractivity (Wildman–Crippen MR) is 102 cm³/mol. The molecule has 0 bridgehead atoms. The topological polar surface area (TPSA) is 48.2 Å². The van der Waals surface area contributed by atoms with E-state index in [1.165, 1.54) is 0 Å². The van der Waals surface area contributed by atoms with Gasteiger partial charge in [-0.15, -0.1) is 0 Å². The zero-order valence-electron chi connectivity index (χ0n) is 14.8.